The van der Waals surface area contributed by atoms with Gasteiger partial charge in [-0.1, -0.05) is 22.9 Å². The van der Waals surface area contributed by atoms with Crippen molar-refractivity contribution >= 4 is 21.8 Å². The van der Waals surface area contributed by atoms with Crippen LogP contribution in [0.3, 0.4) is 0 Å². The van der Waals surface area contributed by atoms with Crippen LogP contribution in [-0.2, 0) is 0 Å². The predicted octanol–water partition coefficient (Wildman–Crippen LogP) is 3.40. The molecule has 0 saturated carbocycles. The van der Waals surface area contributed by atoms with E-state index in [2.05, 4.69) is 38.2 Å². The molecule has 1 aromatic heterocycles. The maximum Gasteiger partial charge on any atom is 0.254 e. The smallest absolute Gasteiger partial charge is 0.254 e. The van der Waals surface area contributed by atoms with Crippen LogP contribution in [0.1, 0.15) is 35.8 Å². The van der Waals surface area contributed by atoms with Gasteiger partial charge >= 0.3 is 0 Å². The largest absolute Gasteiger partial charge is 0.352 e. The molecule has 1 aliphatic rings. The fraction of sp³-hybridized carbons (Fsp3) is 0.474. The van der Waals surface area contributed by atoms with E-state index in [1.807, 2.05) is 31.2 Å². The maximum atomic E-state index is 12.5. The molecule has 25 heavy (non-hydrogen) atoms. The van der Waals surface area contributed by atoms with Gasteiger partial charge in [-0.25, -0.2) is 4.68 Å². The van der Waals surface area contributed by atoms with Gasteiger partial charge < -0.3 is 10.2 Å². The summed E-state index contributed by atoms with van der Waals surface area (Å²) in [5.74, 6) is 0.401. The van der Waals surface area contributed by atoms with Crippen LogP contribution in [0.15, 0.2) is 34.9 Å². The third-order valence-corrected chi connectivity index (χ3v) is 5.23. The number of rotatable bonds is 6. The molecule has 0 bridgehead atoms. The lowest BCUT2D eigenvalue weighted by Gasteiger charge is -2.20. The first-order valence-corrected chi connectivity index (χ1v) is 9.65. The van der Waals surface area contributed by atoms with Gasteiger partial charge in [0, 0.05) is 17.6 Å². The number of carbonyl (C=O) groups excluding carboxylic acids is 1. The molecule has 1 fully saturated rings. The summed E-state index contributed by atoms with van der Waals surface area (Å²) in [5.41, 5.74) is 2.44. The zero-order valence-electron chi connectivity index (χ0n) is 14.8. The second-order valence-corrected chi connectivity index (χ2v) is 7.77. The normalized spacial score (nSPS) is 16.1. The molecule has 134 valence electrons. The number of nitrogens with one attached hydrogen (secondary N) is 1. The van der Waals surface area contributed by atoms with E-state index in [9.17, 15) is 4.79 Å². The van der Waals surface area contributed by atoms with E-state index >= 15 is 0 Å². The van der Waals surface area contributed by atoms with Gasteiger partial charge in [-0.2, -0.15) is 5.10 Å². The molecule has 0 radical (unpaired) electrons. The summed E-state index contributed by atoms with van der Waals surface area (Å²) < 4.78 is 2.82. The van der Waals surface area contributed by atoms with Crippen molar-refractivity contribution in [1.82, 2.24) is 20.0 Å². The average Bonchev–Trinajstić information content (AvgIpc) is 3.23. The molecule has 1 aromatic carbocycles. The Kier molecular flexibility index (Phi) is 5.91. The summed E-state index contributed by atoms with van der Waals surface area (Å²) >= 11 is 3.43. The Morgan fingerprint density at radius 1 is 1.28 bits per heavy atom. The maximum absolute atomic E-state index is 12.5. The third kappa shape index (κ3) is 4.50. The highest BCUT2D eigenvalue weighted by Crippen LogP contribution is 2.17. The average molecular weight is 405 g/mol. The molecule has 6 heteroatoms. The first kappa shape index (κ1) is 18.1. The number of nitrogens with zero attached hydrogens (tertiary/aromatic N) is 3. The van der Waals surface area contributed by atoms with Gasteiger partial charge in [0.2, 0.25) is 0 Å². The zero-order chi connectivity index (χ0) is 17.8. The highest BCUT2D eigenvalue weighted by Gasteiger charge is 2.18. The number of benzene rings is 1. The molecule has 1 amide bonds. The number of hydrogen-bond acceptors (Lipinski definition) is 3. The van der Waals surface area contributed by atoms with Gasteiger partial charge in [-0.3, -0.25) is 4.79 Å². The molecule has 3 rings (SSSR count). The molecule has 2 heterocycles. The number of amides is 1. The van der Waals surface area contributed by atoms with E-state index < -0.39 is 0 Å². The minimum absolute atomic E-state index is 0.0471. The zero-order valence-corrected chi connectivity index (χ0v) is 16.4. The van der Waals surface area contributed by atoms with Gasteiger partial charge in [-0.05, 0) is 63.0 Å². The minimum Gasteiger partial charge on any atom is -0.352 e. The fourth-order valence-corrected chi connectivity index (χ4v) is 3.57. The minimum atomic E-state index is -0.0471. The van der Waals surface area contributed by atoms with Crippen molar-refractivity contribution in [2.45, 2.75) is 26.7 Å². The van der Waals surface area contributed by atoms with Crippen LogP contribution < -0.4 is 5.32 Å². The number of likely N-dealkylation sites (tertiary alicyclic amines) is 1. The predicted molar refractivity (Wildman–Crippen MR) is 103 cm³/mol. The number of hydrogen-bond donors (Lipinski definition) is 1. The summed E-state index contributed by atoms with van der Waals surface area (Å²) in [4.78, 5) is 15.0. The van der Waals surface area contributed by atoms with Gasteiger partial charge in [0.1, 0.15) is 0 Å². The summed E-state index contributed by atoms with van der Waals surface area (Å²) in [6.45, 7) is 8.25. The Morgan fingerprint density at radius 2 is 1.96 bits per heavy atom. The SMILES string of the molecule is Cc1c(C(=O)NCC(C)CN2CCCC2)cnn1-c1ccc(Br)cc1. The Hall–Kier alpha value is -1.66. The lowest BCUT2D eigenvalue weighted by atomic mass is 10.1. The van der Waals surface area contributed by atoms with Crippen LogP contribution in [0.25, 0.3) is 5.69 Å². The van der Waals surface area contributed by atoms with Gasteiger partial charge in [0.25, 0.3) is 5.91 Å². The quantitative estimate of drug-likeness (QED) is 0.802. The van der Waals surface area contributed by atoms with E-state index in [-0.39, 0.29) is 5.91 Å². The first-order chi connectivity index (χ1) is 12.0. The number of aromatic nitrogens is 2. The van der Waals surface area contributed by atoms with Crippen LogP contribution in [0.4, 0.5) is 0 Å². The Morgan fingerprint density at radius 3 is 2.64 bits per heavy atom. The van der Waals surface area contributed by atoms with Gasteiger partial charge in [0.05, 0.1) is 23.1 Å². The first-order valence-electron chi connectivity index (χ1n) is 8.85. The third-order valence-electron chi connectivity index (χ3n) is 4.71. The van der Waals surface area contributed by atoms with Crippen molar-refractivity contribution in [2.75, 3.05) is 26.2 Å². The topological polar surface area (TPSA) is 50.2 Å². The molecule has 1 aliphatic heterocycles. The van der Waals surface area contributed by atoms with E-state index in [0.717, 1.165) is 22.4 Å². The van der Waals surface area contributed by atoms with E-state index in [1.54, 1.807) is 10.9 Å². The van der Waals surface area contributed by atoms with Crippen molar-refractivity contribution in [2.24, 2.45) is 5.92 Å². The number of carbonyl (C=O) groups is 1. The molecule has 0 aliphatic carbocycles. The van der Waals surface area contributed by atoms with Crippen molar-refractivity contribution in [3.63, 3.8) is 0 Å². The van der Waals surface area contributed by atoms with Crippen LogP contribution in [0.2, 0.25) is 0 Å². The Balaban J connectivity index is 1.59. The van der Waals surface area contributed by atoms with Crippen molar-refractivity contribution in [1.29, 1.82) is 0 Å². The highest BCUT2D eigenvalue weighted by molar-refractivity contribution is 9.10. The molecule has 1 unspecified atom stereocenters. The monoisotopic (exact) mass is 404 g/mol. The van der Waals surface area contributed by atoms with Crippen LogP contribution >= 0.6 is 15.9 Å². The lowest BCUT2D eigenvalue weighted by molar-refractivity contribution is 0.0944. The van der Waals surface area contributed by atoms with E-state index in [4.69, 9.17) is 0 Å². The van der Waals surface area contributed by atoms with Crippen LogP contribution in [0, 0.1) is 12.8 Å². The molecular weight excluding hydrogens is 380 g/mol. The standard InChI is InChI=1S/C19H25BrN4O/c1-14(13-23-9-3-4-10-23)11-21-19(25)18-12-22-24(15(18)2)17-7-5-16(20)6-8-17/h5-8,12,14H,3-4,9-11,13H2,1-2H3,(H,21,25). The van der Waals surface area contributed by atoms with Crippen molar-refractivity contribution in [3.8, 4) is 5.69 Å². The van der Waals surface area contributed by atoms with Gasteiger partial charge in [0.15, 0.2) is 0 Å². The summed E-state index contributed by atoms with van der Waals surface area (Å²) in [5, 5.41) is 7.44. The van der Waals surface area contributed by atoms with Crippen LogP contribution in [-0.4, -0.2) is 46.8 Å². The lowest BCUT2D eigenvalue weighted by Crippen LogP contribution is -2.34. The molecule has 1 N–H and O–H groups in total. The summed E-state index contributed by atoms with van der Waals surface area (Å²) in [7, 11) is 0. The summed E-state index contributed by atoms with van der Waals surface area (Å²) in [6, 6.07) is 7.89. The molecular formula is C19H25BrN4O. The molecule has 1 atom stereocenters. The molecule has 0 spiro atoms. The molecule has 1 saturated heterocycles. The fourth-order valence-electron chi connectivity index (χ4n) is 3.31. The second-order valence-electron chi connectivity index (χ2n) is 6.85. The second kappa shape index (κ2) is 8.15. The molecule has 5 nitrogen and oxygen atoms in total. The Bertz CT molecular complexity index is 720. The van der Waals surface area contributed by atoms with Crippen molar-refractivity contribution in [3.05, 3.63) is 46.2 Å². The van der Waals surface area contributed by atoms with E-state index in [1.165, 1.54) is 25.9 Å². The van der Waals surface area contributed by atoms with Crippen LogP contribution in [0.5, 0.6) is 0 Å². The van der Waals surface area contributed by atoms with E-state index in [0.29, 0.717) is 18.0 Å². The Labute approximate surface area is 157 Å². The van der Waals surface area contributed by atoms with Crippen molar-refractivity contribution < 1.29 is 4.79 Å². The number of halogens is 1. The summed E-state index contributed by atoms with van der Waals surface area (Å²) in [6.07, 6.45) is 4.25. The van der Waals surface area contributed by atoms with Gasteiger partial charge in [-0.15, -0.1) is 0 Å². The molecule has 2 aromatic rings. The highest BCUT2D eigenvalue weighted by atomic mass is 79.9.